The standard InChI is InChI=1S/C22H25F3N4O2/c1-21(2)10-16-18(17(30)11-21)19(22(23,24)25)28-29(16)13-7-8-14(20(26)31)15(9-13)27-12-5-3-4-6-12/h7-9,12,27H,3-6,10-11H2,1-2H3,(H2,26,31). The highest BCUT2D eigenvalue weighted by molar-refractivity contribution is 6.00. The Morgan fingerprint density at radius 3 is 2.52 bits per heavy atom. The number of nitrogens with zero attached hydrogens (tertiary/aromatic N) is 2. The number of benzene rings is 1. The number of amides is 1. The molecule has 2 aromatic rings. The predicted molar refractivity (Wildman–Crippen MR) is 109 cm³/mol. The van der Waals surface area contributed by atoms with Crippen LogP contribution in [0.2, 0.25) is 0 Å². The Morgan fingerprint density at radius 1 is 1.23 bits per heavy atom. The molecule has 3 N–H and O–H groups in total. The minimum absolute atomic E-state index is 0.0316. The van der Waals surface area contributed by atoms with Crippen molar-refractivity contribution in [3.8, 4) is 5.69 Å². The normalized spacial score (nSPS) is 18.8. The van der Waals surface area contributed by atoms with Crippen molar-refractivity contribution in [2.24, 2.45) is 11.1 Å². The number of primary amides is 1. The van der Waals surface area contributed by atoms with Crippen LogP contribution in [0.15, 0.2) is 18.2 Å². The number of Topliss-reactive ketones (excluding diaryl/α,β-unsaturated/α-hetero) is 1. The van der Waals surface area contributed by atoms with Crippen molar-refractivity contribution in [3.63, 3.8) is 0 Å². The van der Waals surface area contributed by atoms with Crippen molar-refractivity contribution in [3.05, 3.63) is 40.7 Å². The number of hydrogen-bond acceptors (Lipinski definition) is 4. The third-order valence-corrected chi connectivity index (χ3v) is 6.04. The molecule has 2 aliphatic rings. The predicted octanol–water partition coefficient (Wildman–Crippen LogP) is 4.50. The Bertz CT molecular complexity index is 1050. The minimum atomic E-state index is -4.75. The van der Waals surface area contributed by atoms with Gasteiger partial charge in [0.25, 0.3) is 5.91 Å². The number of halogens is 3. The van der Waals surface area contributed by atoms with E-state index in [4.69, 9.17) is 5.73 Å². The molecule has 0 radical (unpaired) electrons. The summed E-state index contributed by atoms with van der Waals surface area (Å²) in [5.74, 6) is -1.18. The summed E-state index contributed by atoms with van der Waals surface area (Å²) in [4.78, 5) is 24.5. The van der Waals surface area contributed by atoms with E-state index >= 15 is 0 Å². The van der Waals surface area contributed by atoms with Crippen molar-refractivity contribution in [2.45, 2.75) is 64.6 Å². The fourth-order valence-corrected chi connectivity index (χ4v) is 4.65. The second-order valence-electron chi connectivity index (χ2n) is 9.24. The molecule has 4 rings (SSSR count). The van der Waals surface area contributed by atoms with Crippen LogP contribution in [0.3, 0.4) is 0 Å². The molecule has 1 heterocycles. The van der Waals surface area contributed by atoms with Crippen molar-refractivity contribution >= 4 is 17.4 Å². The van der Waals surface area contributed by atoms with E-state index in [1.165, 1.54) is 16.8 Å². The molecule has 0 spiro atoms. The molecular weight excluding hydrogens is 409 g/mol. The van der Waals surface area contributed by atoms with Gasteiger partial charge in [-0.2, -0.15) is 18.3 Å². The summed E-state index contributed by atoms with van der Waals surface area (Å²) in [5.41, 5.74) is 4.84. The van der Waals surface area contributed by atoms with Gasteiger partial charge in [0.15, 0.2) is 11.5 Å². The zero-order valence-corrected chi connectivity index (χ0v) is 17.5. The van der Waals surface area contributed by atoms with Crippen molar-refractivity contribution in [1.82, 2.24) is 9.78 Å². The second kappa shape index (κ2) is 7.39. The lowest BCUT2D eigenvalue weighted by atomic mass is 9.75. The highest BCUT2D eigenvalue weighted by Crippen LogP contribution is 2.42. The Balaban J connectivity index is 1.86. The van der Waals surface area contributed by atoms with Gasteiger partial charge in [-0.1, -0.05) is 26.7 Å². The number of alkyl halides is 3. The van der Waals surface area contributed by atoms with E-state index in [0.29, 0.717) is 11.4 Å². The van der Waals surface area contributed by atoms with Crippen LogP contribution < -0.4 is 11.1 Å². The van der Waals surface area contributed by atoms with E-state index < -0.39 is 29.0 Å². The van der Waals surface area contributed by atoms with Crippen LogP contribution in [0.1, 0.15) is 78.1 Å². The first-order valence-corrected chi connectivity index (χ1v) is 10.4. The molecule has 0 saturated heterocycles. The summed E-state index contributed by atoms with van der Waals surface area (Å²) in [5, 5.41) is 7.14. The Kier molecular flexibility index (Phi) is 5.10. The molecule has 1 aromatic heterocycles. The van der Waals surface area contributed by atoms with Gasteiger partial charge in [-0.15, -0.1) is 0 Å². The number of hydrogen-bond donors (Lipinski definition) is 2. The lowest BCUT2D eigenvalue weighted by molar-refractivity contribution is -0.141. The highest BCUT2D eigenvalue weighted by Gasteiger charge is 2.45. The van der Waals surface area contributed by atoms with Crippen LogP contribution in [-0.2, 0) is 12.6 Å². The number of nitrogens with one attached hydrogen (secondary N) is 1. The molecule has 0 atom stereocenters. The van der Waals surface area contributed by atoms with Crippen molar-refractivity contribution in [1.29, 1.82) is 0 Å². The summed E-state index contributed by atoms with van der Waals surface area (Å²) in [6, 6.07) is 4.77. The van der Waals surface area contributed by atoms with Crippen LogP contribution in [0, 0.1) is 5.41 Å². The molecule has 0 bridgehead atoms. The van der Waals surface area contributed by atoms with E-state index in [1.54, 1.807) is 6.07 Å². The number of rotatable bonds is 4. The molecule has 1 amide bonds. The number of carbonyl (C=O) groups is 2. The molecule has 0 aliphatic heterocycles. The number of anilines is 1. The van der Waals surface area contributed by atoms with Gasteiger partial charge < -0.3 is 11.1 Å². The third kappa shape index (κ3) is 4.05. The van der Waals surface area contributed by atoms with E-state index in [2.05, 4.69) is 10.4 Å². The second-order valence-corrected chi connectivity index (χ2v) is 9.24. The summed E-state index contributed by atoms with van der Waals surface area (Å²) >= 11 is 0. The molecule has 31 heavy (non-hydrogen) atoms. The molecule has 6 nitrogen and oxygen atoms in total. The third-order valence-electron chi connectivity index (χ3n) is 6.04. The SMILES string of the molecule is CC1(C)CC(=O)c2c(C(F)(F)F)nn(-c3ccc(C(N)=O)c(NC4CCCC4)c3)c2C1. The average molecular weight is 434 g/mol. The summed E-state index contributed by atoms with van der Waals surface area (Å²) in [6.45, 7) is 3.70. The number of carbonyl (C=O) groups excluding carboxylic acids is 2. The van der Waals surface area contributed by atoms with Crippen LogP contribution in [0.5, 0.6) is 0 Å². The highest BCUT2D eigenvalue weighted by atomic mass is 19.4. The monoisotopic (exact) mass is 434 g/mol. The number of ketones is 1. The zero-order valence-electron chi connectivity index (χ0n) is 17.5. The largest absolute Gasteiger partial charge is 0.435 e. The number of aromatic nitrogens is 2. The van der Waals surface area contributed by atoms with Gasteiger partial charge >= 0.3 is 6.18 Å². The molecule has 2 aliphatic carbocycles. The van der Waals surface area contributed by atoms with E-state index in [9.17, 15) is 22.8 Å². The molecule has 9 heteroatoms. The topological polar surface area (TPSA) is 90.0 Å². The first kappa shape index (κ1) is 21.4. The average Bonchev–Trinajstić information content (AvgIpc) is 3.27. The maximum Gasteiger partial charge on any atom is 0.435 e. The van der Waals surface area contributed by atoms with Crippen molar-refractivity contribution < 1.29 is 22.8 Å². The molecule has 166 valence electrons. The van der Waals surface area contributed by atoms with Gasteiger partial charge in [0.2, 0.25) is 0 Å². The smallest absolute Gasteiger partial charge is 0.382 e. The van der Waals surface area contributed by atoms with Crippen LogP contribution in [0.25, 0.3) is 5.69 Å². The molecule has 1 fully saturated rings. The fraction of sp³-hybridized carbons (Fsp3) is 0.500. The van der Waals surface area contributed by atoms with Gasteiger partial charge in [0.05, 0.1) is 22.5 Å². The lowest BCUT2D eigenvalue weighted by Crippen LogP contribution is -2.29. The Hall–Kier alpha value is -2.84. The lowest BCUT2D eigenvalue weighted by Gasteiger charge is -2.29. The Labute approximate surface area is 178 Å². The first-order valence-electron chi connectivity index (χ1n) is 10.4. The van der Waals surface area contributed by atoms with E-state index in [0.717, 1.165) is 25.7 Å². The van der Waals surface area contributed by atoms with E-state index in [1.807, 2.05) is 13.8 Å². The number of nitrogens with two attached hydrogens (primary N) is 1. The maximum atomic E-state index is 13.7. The van der Waals surface area contributed by atoms with Crippen LogP contribution >= 0.6 is 0 Å². The summed E-state index contributed by atoms with van der Waals surface area (Å²) < 4.78 is 42.3. The van der Waals surface area contributed by atoms with E-state index in [-0.39, 0.29) is 35.7 Å². The minimum Gasteiger partial charge on any atom is -0.382 e. The molecular formula is C22H25F3N4O2. The molecule has 0 unspecified atom stereocenters. The zero-order chi connectivity index (χ0) is 22.6. The first-order chi connectivity index (χ1) is 14.5. The summed E-state index contributed by atoms with van der Waals surface area (Å²) in [7, 11) is 0. The molecule has 1 aromatic carbocycles. The fourth-order valence-electron chi connectivity index (χ4n) is 4.65. The maximum absolute atomic E-state index is 13.7. The van der Waals surface area contributed by atoms with Crippen LogP contribution in [-0.4, -0.2) is 27.5 Å². The van der Waals surface area contributed by atoms with Gasteiger partial charge in [0, 0.05) is 18.2 Å². The van der Waals surface area contributed by atoms with Gasteiger partial charge in [-0.25, -0.2) is 4.68 Å². The van der Waals surface area contributed by atoms with Crippen LogP contribution in [0.4, 0.5) is 18.9 Å². The Morgan fingerprint density at radius 2 is 1.90 bits per heavy atom. The molecule has 1 saturated carbocycles. The van der Waals surface area contributed by atoms with Gasteiger partial charge in [0.1, 0.15) is 0 Å². The number of fused-ring (bicyclic) bond motifs is 1. The van der Waals surface area contributed by atoms with Gasteiger partial charge in [-0.3, -0.25) is 9.59 Å². The van der Waals surface area contributed by atoms with Gasteiger partial charge in [-0.05, 0) is 42.9 Å². The quantitative estimate of drug-likeness (QED) is 0.741. The van der Waals surface area contributed by atoms with Crippen molar-refractivity contribution in [2.75, 3.05) is 5.32 Å². The summed E-state index contributed by atoms with van der Waals surface area (Å²) in [6.07, 6.45) is -0.403.